The van der Waals surface area contributed by atoms with E-state index in [1.165, 1.54) is 16.8 Å². The summed E-state index contributed by atoms with van der Waals surface area (Å²) in [4.78, 5) is 9.19. The van der Waals surface area contributed by atoms with Gasteiger partial charge in [-0.3, -0.25) is 0 Å². The number of ether oxygens (including phenoxy) is 1. The normalized spacial score (nSPS) is 15.7. The number of hydrogen-bond acceptors (Lipinski definition) is 4. The van der Waals surface area contributed by atoms with Crippen LogP contribution in [0.2, 0.25) is 0 Å². The van der Waals surface area contributed by atoms with Crippen LogP contribution in [0.5, 0.6) is 11.6 Å². The fourth-order valence-electron chi connectivity index (χ4n) is 3.00. The van der Waals surface area contributed by atoms with Gasteiger partial charge in [-0.05, 0) is 44.2 Å². The minimum atomic E-state index is 0.725. The second kappa shape index (κ2) is 7.01. The summed E-state index contributed by atoms with van der Waals surface area (Å²) in [6, 6.07) is 10.4. The van der Waals surface area contributed by atoms with Gasteiger partial charge in [-0.25, -0.2) is 4.98 Å². The maximum atomic E-state index is 6.09. The highest BCUT2D eigenvalue weighted by Gasteiger charge is 2.15. The molecule has 1 saturated heterocycles. The van der Waals surface area contributed by atoms with Gasteiger partial charge in [0.2, 0.25) is 5.88 Å². The van der Waals surface area contributed by atoms with E-state index in [0.29, 0.717) is 0 Å². The molecule has 1 aliphatic heterocycles. The molecular formula is C19H25N3O. The number of hydrogen-bond donors (Lipinski definition) is 0. The topological polar surface area (TPSA) is 28.6 Å². The molecule has 0 bridgehead atoms. The zero-order valence-corrected chi connectivity index (χ0v) is 14.2. The number of nitrogens with zero attached hydrogens (tertiary/aromatic N) is 3. The van der Waals surface area contributed by atoms with Crippen LogP contribution in [0.1, 0.15) is 18.1 Å². The summed E-state index contributed by atoms with van der Waals surface area (Å²) in [7, 11) is 2.17. The summed E-state index contributed by atoms with van der Waals surface area (Å²) in [5.74, 6) is 1.58. The lowest BCUT2D eigenvalue weighted by Gasteiger charge is -2.34. The molecule has 0 radical (unpaired) electrons. The van der Waals surface area contributed by atoms with Gasteiger partial charge in [0.15, 0.2) is 0 Å². The van der Waals surface area contributed by atoms with E-state index >= 15 is 0 Å². The Morgan fingerprint density at radius 3 is 2.65 bits per heavy atom. The summed E-state index contributed by atoms with van der Waals surface area (Å²) in [5.41, 5.74) is 3.63. The second-order valence-electron chi connectivity index (χ2n) is 6.15. The van der Waals surface area contributed by atoms with E-state index in [0.717, 1.165) is 44.2 Å². The van der Waals surface area contributed by atoms with Crippen LogP contribution in [0, 0.1) is 6.92 Å². The number of piperazine rings is 1. The number of aromatic nitrogens is 1. The lowest BCUT2D eigenvalue weighted by molar-refractivity contribution is 0.312. The predicted octanol–water partition coefficient (Wildman–Crippen LogP) is 3.50. The number of pyridine rings is 1. The Kier molecular flexibility index (Phi) is 4.82. The van der Waals surface area contributed by atoms with Crippen LogP contribution in [-0.2, 0) is 6.42 Å². The monoisotopic (exact) mass is 311 g/mol. The first-order valence-corrected chi connectivity index (χ1v) is 8.33. The second-order valence-corrected chi connectivity index (χ2v) is 6.15. The number of likely N-dealkylation sites (N-methyl/N-ethyl adjacent to an activating group) is 1. The average Bonchev–Trinajstić information content (AvgIpc) is 2.56. The lowest BCUT2D eigenvalue weighted by atomic mass is 10.1. The van der Waals surface area contributed by atoms with Crippen LogP contribution < -0.4 is 9.64 Å². The van der Waals surface area contributed by atoms with Crippen LogP contribution in [0.15, 0.2) is 36.5 Å². The molecule has 1 aliphatic rings. The Morgan fingerprint density at radius 2 is 1.91 bits per heavy atom. The summed E-state index contributed by atoms with van der Waals surface area (Å²) in [5, 5.41) is 0. The molecule has 4 nitrogen and oxygen atoms in total. The maximum Gasteiger partial charge on any atom is 0.222 e. The highest BCUT2D eigenvalue weighted by molar-refractivity contribution is 5.52. The molecule has 0 N–H and O–H groups in total. The standard InChI is InChI=1S/C19H25N3O/c1-4-18-15(2)8-9-20-19(18)23-17-7-5-6-16(14-17)22-12-10-21(3)11-13-22/h5-9,14H,4,10-13H2,1-3H3. The Labute approximate surface area is 138 Å². The molecular weight excluding hydrogens is 286 g/mol. The van der Waals surface area contributed by atoms with Crippen molar-refractivity contribution in [3.05, 3.63) is 47.7 Å². The van der Waals surface area contributed by atoms with Crippen molar-refractivity contribution in [3.8, 4) is 11.6 Å². The van der Waals surface area contributed by atoms with Gasteiger partial charge in [-0.2, -0.15) is 0 Å². The van der Waals surface area contributed by atoms with Gasteiger partial charge in [0.05, 0.1) is 0 Å². The van der Waals surface area contributed by atoms with Crippen molar-refractivity contribution in [1.29, 1.82) is 0 Å². The Balaban J connectivity index is 1.79. The average molecular weight is 311 g/mol. The number of aryl methyl sites for hydroxylation is 1. The van der Waals surface area contributed by atoms with Crippen LogP contribution >= 0.6 is 0 Å². The van der Waals surface area contributed by atoms with Crippen molar-refractivity contribution in [1.82, 2.24) is 9.88 Å². The molecule has 0 amide bonds. The third kappa shape index (κ3) is 3.64. The molecule has 4 heteroatoms. The molecule has 0 aliphatic carbocycles. The SMILES string of the molecule is CCc1c(C)ccnc1Oc1cccc(N2CCN(C)CC2)c1. The van der Waals surface area contributed by atoms with Crippen molar-refractivity contribution in [3.63, 3.8) is 0 Å². The van der Waals surface area contributed by atoms with Gasteiger partial charge in [0, 0.05) is 49.7 Å². The summed E-state index contributed by atoms with van der Waals surface area (Å²) < 4.78 is 6.09. The largest absolute Gasteiger partial charge is 0.439 e. The van der Waals surface area contributed by atoms with Crippen molar-refractivity contribution >= 4 is 5.69 Å². The van der Waals surface area contributed by atoms with Gasteiger partial charge in [0.25, 0.3) is 0 Å². The van der Waals surface area contributed by atoms with Gasteiger partial charge in [-0.1, -0.05) is 13.0 Å². The summed E-state index contributed by atoms with van der Waals surface area (Å²) >= 11 is 0. The van der Waals surface area contributed by atoms with E-state index in [-0.39, 0.29) is 0 Å². The molecule has 1 fully saturated rings. The first kappa shape index (κ1) is 15.8. The van der Waals surface area contributed by atoms with E-state index in [4.69, 9.17) is 4.74 Å². The molecule has 1 aromatic carbocycles. The molecule has 3 rings (SSSR count). The fourth-order valence-corrected chi connectivity index (χ4v) is 3.00. The zero-order valence-electron chi connectivity index (χ0n) is 14.2. The molecule has 0 unspecified atom stereocenters. The number of benzene rings is 1. The first-order valence-electron chi connectivity index (χ1n) is 8.33. The van der Waals surface area contributed by atoms with Crippen LogP contribution in [0.25, 0.3) is 0 Å². The van der Waals surface area contributed by atoms with Gasteiger partial charge >= 0.3 is 0 Å². The predicted molar refractivity (Wildman–Crippen MR) is 94.6 cm³/mol. The Hall–Kier alpha value is -2.07. The third-order valence-corrected chi connectivity index (χ3v) is 4.50. The van der Waals surface area contributed by atoms with Crippen molar-refractivity contribution in [2.24, 2.45) is 0 Å². The van der Waals surface area contributed by atoms with E-state index in [2.05, 4.69) is 53.9 Å². The Morgan fingerprint density at radius 1 is 1.13 bits per heavy atom. The third-order valence-electron chi connectivity index (χ3n) is 4.50. The molecule has 122 valence electrons. The van der Waals surface area contributed by atoms with Crippen molar-refractivity contribution in [2.45, 2.75) is 20.3 Å². The van der Waals surface area contributed by atoms with Crippen LogP contribution in [-0.4, -0.2) is 43.1 Å². The van der Waals surface area contributed by atoms with E-state index in [1.807, 2.05) is 18.3 Å². The van der Waals surface area contributed by atoms with Crippen LogP contribution in [0.4, 0.5) is 5.69 Å². The smallest absolute Gasteiger partial charge is 0.222 e. The molecule has 1 aromatic heterocycles. The highest BCUT2D eigenvalue weighted by Crippen LogP contribution is 2.28. The van der Waals surface area contributed by atoms with Crippen LogP contribution in [0.3, 0.4) is 0 Å². The number of rotatable bonds is 4. The van der Waals surface area contributed by atoms with Gasteiger partial charge in [0.1, 0.15) is 5.75 Å². The quantitative estimate of drug-likeness (QED) is 0.864. The lowest BCUT2D eigenvalue weighted by Crippen LogP contribution is -2.44. The molecule has 2 heterocycles. The highest BCUT2D eigenvalue weighted by atomic mass is 16.5. The molecule has 0 atom stereocenters. The number of anilines is 1. The minimum absolute atomic E-state index is 0.725. The summed E-state index contributed by atoms with van der Waals surface area (Å²) in [6.07, 6.45) is 2.74. The maximum absolute atomic E-state index is 6.09. The molecule has 0 saturated carbocycles. The van der Waals surface area contributed by atoms with Gasteiger partial charge in [-0.15, -0.1) is 0 Å². The van der Waals surface area contributed by atoms with E-state index in [1.54, 1.807) is 0 Å². The Bertz CT molecular complexity index is 663. The van der Waals surface area contributed by atoms with Crippen molar-refractivity contribution in [2.75, 3.05) is 38.1 Å². The fraction of sp³-hybridized carbons (Fsp3) is 0.421. The molecule has 23 heavy (non-hydrogen) atoms. The van der Waals surface area contributed by atoms with E-state index in [9.17, 15) is 0 Å². The van der Waals surface area contributed by atoms with Gasteiger partial charge < -0.3 is 14.5 Å². The first-order chi connectivity index (χ1) is 11.2. The molecule has 2 aromatic rings. The zero-order chi connectivity index (χ0) is 16.2. The van der Waals surface area contributed by atoms with E-state index < -0.39 is 0 Å². The summed E-state index contributed by atoms with van der Waals surface area (Å²) in [6.45, 7) is 8.56. The minimum Gasteiger partial charge on any atom is -0.439 e. The van der Waals surface area contributed by atoms with Crippen molar-refractivity contribution < 1.29 is 4.74 Å². The molecule has 0 spiro atoms.